The van der Waals surface area contributed by atoms with Gasteiger partial charge in [0.1, 0.15) is 0 Å². The first-order valence-electron chi connectivity index (χ1n) is 5.79. The molecule has 1 amide bonds. The summed E-state index contributed by atoms with van der Waals surface area (Å²) in [6.07, 6.45) is 5.49. The third-order valence-corrected chi connectivity index (χ3v) is 2.45. The zero-order valence-corrected chi connectivity index (χ0v) is 9.99. The number of carbonyl (C=O) groups is 1. The number of aromatic nitrogens is 4. The number of nitrogens with two attached hydrogens (primary N) is 1. The Kier molecular flexibility index (Phi) is 4.08. The first-order valence-corrected chi connectivity index (χ1v) is 5.79. The molecule has 3 N–H and O–H groups in total. The van der Waals surface area contributed by atoms with Crippen LogP contribution in [0.2, 0.25) is 0 Å². The third kappa shape index (κ3) is 3.17. The van der Waals surface area contributed by atoms with Crippen molar-refractivity contribution in [1.29, 1.82) is 0 Å². The van der Waals surface area contributed by atoms with E-state index in [0.717, 1.165) is 6.54 Å². The molecule has 0 aromatic carbocycles. The van der Waals surface area contributed by atoms with Crippen LogP contribution in [-0.2, 0) is 13.1 Å². The molecular weight excluding hydrogens is 232 g/mol. The molecule has 0 fully saturated rings. The Balaban J connectivity index is 1.80. The van der Waals surface area contributed by atoms with E-state index in [-0.39, 0.29) is 5.91 Å². The van der Waals surface area contributed by atoms with Crippen molar-refractivity contribution in [3.8, 4) is 0 Å². The number of amides is 1. The van der Waals surface area contributed by atoms with Crippen LogP contribution in [0.1, 0.15) is 10.5 Å². The first kappa shape index (κ1) is 12.3. The number of carbonyl (C=O) groups excluding carboxylic acids is 1. The summed E-state index contributed by atoms with van der Waals surface area (Å²) in [5.41, 5.74) is 5.70. The lowest BCUT2D eigenvalue weighted by atomic mass is 10.4. The van der Waals surface area contributed by atoms with Gasteiger partial charge in [-0.1, -0.05) is 5.21 Å². The van der Waals surface area contributed by atoms with E-state index in [4.69, 9.17) is 5.73 Å². The van der Waals surface area contributed by atoms with Gasteiger partial charge in [-0.05, 0) is 12.1 Å². The zero-order valence-electron chi connectivity index (χ0n) is 9.99. The largest absolute Gasteiger partial charge is 0.353 e. The lowest BCUT2D eigenvalue weighted by Gasteiger charge is -2.03. The number of nitrogens with one attached hydrogen (secondary N) is 1. The van der Waals surface area contributed by atoms with Crippen molar-refractivity contribution in [1.82, 2.24) is 24.9 Å². The maximum absolute atomic E-state index is 11.7. The molecule has 0 atom stereocenters. The Morgan fingerprint density at radius 3 is 2.83 bits per heavy atom. The molecular formula is C11H16N6O. The van der Waals surface area contributed by atoms with E-state index in [1.165, 1.54) is 0 Å². The lowest BCUT2D eigenvalue weighted by molar-refractivity contribution is 0.0947. The molecule has 2 aromatic heterocycles. The van der Waals surface area contributed by atoms with E-state index in [1.54, 1.807) is 10.9 Å². The van der Waals surface area contributed by atoms with Gasteiger partial charge in [0, 0.05) is 32.0 Å². The normalized spacial score (nSPS) is 10.5. The number of rotatable bonds is 6. The Labute approximate surface area is 105 Å². The van der Waals surface area contributed by atoms with Crippen molar-refractivity contribution in [3.05, 3.63) is 36.4 Å². The summed E-state index contributed by atoms with van der Waals surface area (Å²) in [5, 5.41) is 10.4. The highest BCUT2D eigenvalue weighted by atomic mass is 16.2. The van der Waals surface area contributed by atoms with Gasteiger partial charge in [-0.2, -0.15) is 0 Å². The number of hydrogen-bond acceptors (Lipinski definition) is 4. The Hall–Kier alpha value is -2.15. The minimum absolute atomic E-state index is 0.217. The predicted octanol–water partition coefficient (Wildman–Crippen LogP) is -0.532. The monoisotopic (exact) mass is 248 g/mol. The fourth-order valence-corrected chi connectivity index (χ4v) is 1.55. The zero-order chi connectivity index (χ0) is 12.8. The highest BCUT2D eigenvalue weighted by molar-refractivity contribution is 5.91. The first-order chi connectivity index (χ1) is 8.79. The van der Waals surface area contributed by atoms with Gasteiger partial charge >= 0.3 is 0 Å². The van der Waals surface area contributed by atoms with E-state index in [0.29, 0.717) is 25.3 Å². The molecule has 7 heteroatoms. The van der Waals surface area contributed by atoms with Crippen LogP contribution in [0.15, 0.2) is 30.7 Å². The summed E-state index contributed by atoms with van der Waals surface area (Å²) in [7, 11) is 0. The molecule has 18 heavy (non-hydrogen) atoms. The van der Waals surface area contributed by atoms with E-state index < -0.39 is 0 Å². The molecule has 0 aliphatic carbocycles. The van der Waals surface area contributed by atoms with Crippen LogP contribution < -0.4 is 11.1 Å². The maximum atomic E-state index is 11.7. The summed E-state index contributed by atoms with van der Waals surface area (Å²) in [6.45, 7) is 2.31. The molecule has 0 unspecified atom stereocenters. The topological polar surface area (TPSA) is 90.8 Å². The number of hydrogen-bond donors (Lipinski definition) is 2. The minimum Gasteiger partial charge on any atom is -0.353 e. The lowest BCUT2D eigenvalue weighted by Crippen LogP contribution is -2.27. The molecule has 0 saturated carbocycles. The van der Waals surface area contributed by atoms with Crippen LogP contribution in [0.5, 0.6) is 0 Å². The van der Waals surface area contributed by atoms with Crippen LogP contribution in [0.25, 0.3) is 0 Å². The SMILES string of the molecule is NCCn1cc(C(=O)NCCn2cccc2)nn1. The Morgan fingerprint density at radius 2 is 2.11 bits per heavy atom. The van der Waals surface area contributed by atoms with Crippen molar-refractivity contribution < 1.29 is 4.79 Å². The molecule has 0 bridgehead atoms. The number of nitrogens with zero attached hydrogens (tertiary/aromatic N) is 4. The molecule has 0 radical (unpaired) electrons. The maximum Gasteiger partial charge on any atom is 0.273 e. The third-order valence-electron chi connectivity index (χ3n) is 2.45. The summed E-state index contributed by atoms with van der Waals surface area (Å²) in [6, 6.07) is 3.89. The van der Waals surface area contributed by atoms with Gasteiger partial charge in [-0.3, -0.25) is 9.48 Å². The molecule has 2 heterocycles. The standard InChI is InChI=1S/C11H16N6O/c12-3-7-17-9-10(14-15-17)11(18)13-4-8-16-5-1-2-6-16/h1-2,5-6,9H,3-4,7-8,12H2,(H,13,18). The van der Waals surface area contributed by atoms with Crippen molar-refractivity contribution in [2.24, 2.45) is 5.73 Å². The van der Waals surface area contributed by atoms with Crippen molar-refractivity contribution in [2.45, 2.75) is 13.1 Å². The molecule has 2 aromatic rings. The van der Waals surface area contributed by atoms with Crippen molar-refractivity contribution in [2.75, 3.05) is 13.1 Å². The van der Waals surface area contributed by atoms with Crippen LogP contribution in [-0.4, -0.2) is 38.6 Å². The molecule has 2 rings (SSSR count). The van der Waals surface area contributed by atoms with Gasteiger partial charge in [0.25, 0.3) is 5.91 Å². The average molecular weight is 248 g/mol. The molecule has 96 valence electrons. The predicted molar refractivity (Wildman–Crippen MR) is 65.8 cm³/mol. The van der Waals surface area contributed by atoms with Gasteiger partial charge in [0.2, 0.25) is 0 Å². The van der Waals surface area contributed by atoms with E-state index in [2.05, 4.69) is 15.6 Å². The van der Waals surface area contributed by atoms with Crippen molar-refractivity contribution >= 4 is 5.91 Å². The fourth-order valence-electron chi connectivity index (χ4n) is 1.55. The van der Waals surface area contributed by atoms with Crippen LogP contribution in [0, 0.1) is 0 Å². The quantitative estimate of drug-likeness (QED) is 0.719. The van der Waals surface area contributed by atoms with E-state index >= 15 is 0 Å². The van der Waals surface area contributed by atoms with Crippen LogP contribution in [0.3, 0.4) is 0 Å². The van der Waals surface area contributed by atoms with E-state index in [1.807, 2.05) is 29.1 Å². The fraction of sp³-hybridized carbons (Fsp3) is 0.364. The van der Waals surface area contributed by atoms with Crippen LogP contribution in [0.4, 0.5) is 0 Å². The smallest absolute Gasteiger partial charge is 0.273 e. The molecule has 0 spiro atoms. The average Bonchev–Trinajstić information content (AvgIpc) is 3.00. The molecule has 7 nitrogen and oxygen atoms in total. The van der Waals surface area contributed by atoms with E-state index in [9.17, 15) is 4.79 Å². The van der Waals surface area contributed by atoms with Gasteiger partial charge in [-0.15, -0.1) is 5.10 Å². The van der Waals surface area contributed by atoms with Gasteiger partial charge in [0.05, 0.1) is 12.7 Å². The highest BCUT2D eigenvalue weighted by Gasteiger charge is 2.09. The molecule has 0 saturated heterocycles. The summed E-state index contributed by atoms with van der Waals surface area (Å²) in [4.78, 5) is 11.7. The summed E-state index contributed by atoms with van der Waals surface area (Å²) < 4.78 is 3.55. The highest BCUT2D eigenvalue weighted by Crippen LogP contribution is 1.93. The second-order valence-electron chi connectivity index (χ2n) is 3.83. The van der Waals surface area contributed by atoms with Gasteiger partial charge in [-0.25, -0.2) is 0 Å². The Bertz CT molecular complexity index is 489. The molecule has 0 aliphatic heterocycles. The van der Waals surface area contributed by atoms with Gasteiger partial charge < -0.3 is 15.6 Å². The van der Waals surface area contributed by atoms with Crippen LogP contribution >= 0.6 is 0 Å². The van der Waals surface area contributed by atoms with Gasteiger partial charge in [0.15, 0.2) is 5.69 Å². The van der Waals surface area contributed by atoms with Crippen molar-refractivity contribution in [3.63, 3.8) is 0 Å². The second-order valence-corrected chi connectivity index (χ2v) is 3.83. The molecule has 0 aliphatic rings. The Morgan fingerprint density at radius 1 is 1.33 bits per heavy atom. The minimum atomic E-state index is -0.217. The summed E-state index contributed by atoms with van der Waals surface area (Å²) >= 11 is 0. The second kappa shape index (κ2) is 5.97. The summed E-state index contributed by atoms with van der Waals surface area (Å²) in [5.74, 6) is -0.217.